The second-order valence-electron chi connectivity index (χ2n) is 3.94. The van der Waals surface area contributed by atoms with Crippen molar-refractivity contribution in [1.82, 2.24) is 5.01 Å². The smallest absolute Gasteiger partial charge is 0.136 e. The molecule has 0 saturated carbocycles. The minimum atomic E-state index is -0.855. The van der Waals surface area contributed by atoms with Crippen LogP contribution < -0.4 is 0 Å². The van der Waals surface area contributed by atoms with Crippen molar-refractivity contribution in [2.75, 3.05) is 13.7 Å². The van der Waals surface area contributed by atoms with E-state index in [9.17, 15) is 5.11 Å². The van der Waals surface area contributed by atoms with Crippen LogP contribution in [0.1, 0.15) is 20.3 Å². The molecule has 1 N–H and O–H groups in total. The third-order valence-electron chi connectivity index (χ3n) is 2.24. The van der Waals surface area contributed by atoms with Gasteiger partial charge in [0.15, 0.2) is 0 Å². The maximum absolute atomic E-state index is 10.0. The molecule has 0 spiro atoms. The molecule has 0 fully saturated rings. The summed E-state index contributed by atoms with van der Waals surface area (Å²) in [5.74, 6) is 0. The van der Waals surface area contributed by atoms with Crippen molar-refractivity contribution in [2.45, 2.75) is 36.9 Å². The fraction of sp³-hybridized carbons (Fsp3) is 0.889. The molecule has 82 valence electrons. The van der Waals surface area contributed by atoms with Crippen molar-refractivity contribution < 1.29 is 9.84 Å². The van der Waals surface area contributed by atoms with Gasteiger partial charge in [0.1, 0.15) is 11.1 Å². The van der Waals surface area contributed by atoms with Crippen LogP contribution in [0, 0.1) is 0 Å². The summed E-state index contributed by atoms with van der Waals surface area (Å²) >= 11 is 3.39. The van der Waals surface area contributed by atoms with Gasteiger partial charge in [-0.25, -0.2) is 0 Å². The highest BCUT2D eigenvalue weighted by molar-refractivity contribution is 9.09. The van der Waals surface area contributed by atoms with E-state index < -0.39 is 5.60 Å². The van der Waals surface area contributed by atoms with Gasteiger partial charge in [0.25, 0.3) is 0 Å². The molecule has 1 aliphatic rings. The fourth-order valence-electron chi connectivity index (χ4n) is 1.57. The Morgan fingerprint density at radius 3 is 2.64 bits per heavy atom. The van der Waals surface area contributed by atoms with Gasteiger partial charge >= 0.3 is 0 Å². The molecule has 1 aliphatic heterocycles. The third kappa shape index (κ3) is 2.68. The largest absolute Gasteiger partial charge is 0.388 e. The van der Waals surface area contributed by atoms with Crippen LogP contribution in [-0.4, -0.2) is 46.6 Å². The van der Waals surface area contributed by atoms with E-state index in [0.29, 0.717) is 0 Å². The Morgan fingerprint density at radius 2 is 2.29 bits per heavy atom. The van der Waals surface area contributed by atoms with Gasteiger partial charge in [0, 0.05) is 26.3 Å². The summed E-state index contributed by atoms with van der Waals surface area (Å²) in [5, 5.41) is 15.9. The molecule has 4 nitrogen and oxygen atoms in total. The van der Waals surface area contributed by atoms with Gasteiger partial charge < -0.3 is 9.84 Å². The minimum absolute atomic E-state index is 0.175. The molecule has 0 aromatic carbocycles. The molecule has 1 heterocycles. The summed E-state index contributed by atoms with van der Waals surface area (Å²) in [4.78, 5) is 0. The van der Waals surface area contributed by atoms with Gasteiger partial charge in [-0.05, 0) is 13.8 Å². The summed E-state index contributed by atoms with van der Waals surface area (Å²) in [6.45, 7) is 4.36. The number of alkyl halides is 1. The molecule has 2 atom stereocenters. The van der Waals surface area contributed by atoms with Gasteiger partial charge in [-0.3, -0.25) is 5.01 Å². The Bertz CT molecular complexity index is 215. The van der Waals surface area contributed by atoms with E-state index in [1.54, 1.807) is 21.0 Å². The Morgan fingerprint density at radius 1 is 1.64 bits per heavy atom. The second kappa shape index (κ2) is 4.59. The van der Waals surface area contributed by atoms with Gasteiger partial charge in [-0.15, -0.1) is 0 Å². The van der Waals surface area contributed by atoms with Crippen LogP contribution in [0.25, 0.3) is 0 Å². The Labute approximate surface area is 93.1 Å². The maximum atomic E-state index is 10.0. The SMILES string of the molecule is COC(Br)C(N1CCC=N1)C(C)(C)O. The monoisotopic (exact) mass is 264 g/mol. The van der Waals surface area contributed by atoms with Crippen molar-refractivity contribution in [1.29, 1.82) is 0 Å². The van der Waals surface area contributed by atoms with Crippen molar-refractivity contribution in [3.05, 3.63) is 0 Å². The van der Waals surface area contributed by atoms with E-state index >= 15 is 0 Å². The van der Waals surface area contributed by atoms with Crippen molar-refractivity contribution in [2.24, 2.45) is 5.10 Å². The second-order valence-corrected chi connectivity index (χ2v) is 4.84. The first kappa shape index (κ1) is 11.9. The van der Waals surface area contributed by atoms with Gasteiger partial charge in [0.05, 0.1) is 5.60 Å². The van der Waals surface area contributed by atoms with Crippen LogP contribution in [0.3, 0.4) is 0 Å². The molecule has 0 amide bonds. The van der Waals surface area contributed by atoms with E-state index in [1.807, 2.05) is 11.2 Å². The Hall–Kier alpha value is -0.130. The van der Waals surface area contributed by atoms with Gasteiger partial charge in [-0.2, -0.15) is 5.10 Å². The molecule has 0 aromatic rings. The van der Waals surface area contributed by atoms with E-state index in [2.05, 4.69) is 21.0 Å². The van der Waals surface area contributed by atoms with E-state index in [4.69, 9.17) is 4.74 Å². The lowest BCUT2D eigenvalue weighted by molar-refractivity contribution is -0.0556. The lowest BCUT2D eigenvalue weighted by Crippen LogP contribution is -2.52. The molecule has 1 rings (SSSR count). The molecular weight excluding hydrogens is 248 g/mol. The van der Waals surface area contributed by atoms with Crippen LogP contribution in [0.15, 0.2) is 5.10 Å². The number of halogens is 1. The normalized spacial score (nSPS) is 21.4. The van der Waals surface area contributed by atoms with Crippen LogP contribution in [0.4, 0.5) is 0 Å². The average Bonchev–Trinajstić information content (AvgIpc) is 2.54. The highest BCUT2D eigenvalue weighted by atomic mass is 79.9. The quantitative estimate of drug-likeness (QED) is 0.776. The summed E-state index contributed by atoms with van der Waals surface area (Å²) in [5.41, 5.74) is -0.855. The first-order valence-corrected chi connectivity index (χ1v) is 5.56. The van der Waals surface area contributed by atoms with Gasteiger partial charge in [0.2, 0.25) is 0 Å². The molecule has 14 heavy (non-hydrogen) atoms. The zero-order chi connectivity index (χ0) is 10.8. The number of rotatable bonds is 4. The third-order valence-corrected chi connectivity index (χ3v) is 3.11. The predicted molar refractivity (Wildman–Crippen MR) is 59.6 cm³/mol. The van der Waals surface area contributed by atoms with E-state index in [1.165, 1.54) is 0 Å². The number of ether oxygens (including phenoxy) is 1. The molecule has 5 heteroatoms. The van der Waals surface area contributed by atoms with Crippen LogP contribution in [-0.2, 0) is 4.74 Å². The molecule has 2 unspecified atom stereocenters. The molecular formula is C9H17BrN2O2. The maximum Gasteiger partial charge on any atom is 0.136 e. The van der Waals surface area contributed by atoms with E-state index in [0.717, 1.165) is 13.0 Å². The topological polar surface area (TPSA) is 45.1 Å². The van der Waals surface area contributed by atoms with Crippen molar-refractivity contribution in [3.63, 3.8) is 0 Å². The predicted octanol–water partition coefficient (Wildman–Crippen LogP) is 1.18. The highest BCUT2D eigenvalue weighted by Gasteiger charge is 2.38. The van der Waals surface area contributed by atoms with Crippen molar-refractivity contribution >= 4 is 22.1 Å². The summed E-state index contributed by atoms with van der Waals surface area (Å²) in [7, 11) is 1.61. The summed E-state index contributed by atoms with van der Waals surface area (Å²) < 4.78 is 5.19. The summed E-state index contributed by atoms with van der Waals surface area (Å²) in [6, 6.07) is -0.175. The number of hydrogen-bond acceptors (Lipinski definition) is 4. The molecule has 0 saturated heterocycles. The van der Waals surface area contributed by atoms with Crippen LogP contribution in [0.5, 0.6) is 0 Å². The standard InChI is InChI=1S/C9H17BrN2O2/c1-9(2,13)7(8(10)14-3)12-6-4-5-11-12/h5,7-8,13H,4,6H2,1-3H3. The number of hydrogen-bond donors (Lipinski definition) is 1. The van der Waals surface area contributed by atoms with E-state index in [-0.39, 0.29) is 11.1 Å². The zero-order valence-corrected chi connectivity index (χ0v) is 10.4. The molecule has 0 aliphatic carbocycles. The Balaban J connectivity index is 2.76. The number of nitrogens with zero attached hydrogens (tertiary/aromatic N) is 2. The van der Waals surface area contributed by atoms with Crippen LogP contribution >= 0.6 is 15.9 Å². The number of aliphatic hydroxyl groups is 1. The highest BCUT2D eigenvalue weighted by Crippen LogP contribution is 2.26. The lowest BCUT2D eigenvalue weighted by Gasteiger charge is -2.37. The number of hydrazone groups is 1. The van der Waals surface area contributed by atoms with Crippen molar-refractivity contribution in [3.8, 4) is 0 Å². The summed E-state index contributed by atoms with van der Waals surface area (Å²) in [6.07, 6.45) is 2.78. The van der Waals surface area contributed by atoms with Gasteiger partial charge in [-0.1, -0.05) is 15.9 Å². The lowest BCUT2D eigenvalue weighted by atomic mass is 9.99. The fourth-order valence-corrected chi connectivity index (χ4v) is 2.49. The Kier molecular flexibility index (Phi) is 3.92. The number of methoxy groups -OCH3 is 1. The minimum Gasteiger partial charge on any atom is -0.388 e. The molecule has 0 aromatic heterocycles. The molecule has 0 bridgehead atoms. The zero-order valence-electron chi connectivity index (χ0n) is 8.77. The first-order chi connectivity index (χ1) is 6.46. The average molecular weight is 265 g/mol. The molecule has 0 radical (unpaired) electrons. The first-order valence-electron chi connectivity index (χ1n) is 4.65. The van der Waals surface area contributed by atoms with Crippen LogP contribution in [0.2, 0.25) is 0 Å².